The van der Waals surface area contributed by atoms with Crippen molar-refractivity contribution < 1.29 is 9.66 Å². The number of nitro groups is 1. The number of hydrogen-bond donors (Lipinski definition) is 1. The second kappa shape index (κ2) is 12.6. The second-order valence-electron chi connectivity index (χ2n) is 8.57. The third kappa shape index (κ3) is 6.93. The zero-order valence-corrected chi connectivity index (χ0v) is 20.3. The molecule has 0 aliphatic carbocycles. The number of unbranched alkanes of at least 4 members (excludes halogenated alkanes) is 9. The van der Waals surface area contributed by atoms with Gasteiger partial charge < -0.3 is 4.74 Å². The average Bonchev–Trinajstić information content (AvgIpc) is 3.34. The van der Waals surface area contributed by atoms with E-state index in [4.69, 9.17) is 16.3 Å². The van der Waals surface area contributed by atoms with E-state index >= 15 is 0 Å². The molecular weight excluding hydrogens is 442 g/mol. The summed E-state index contributed by atoms with van der Waals surface area (Å²) in [5.74, 6) is 1.21. The van der Waals surface area contributed by atoms with Gasteiger partial charge in [-0.05, 0) is 31.9 Å². The fourth-order valence-electron chi connectivity index (χ4n) is 4.01. The quantitative estimate of drug-likeness (QED) is 0.140. The molecule has 33 heavy (non-hydrogen) atoms. The maximum Gasteiger partial charge on any atom is 0.269 e. The van der Waals surface area contributed by atoms with Crippen molar-refractivity contribution in [2.45, 2.75) is 90.6 Å². The lowest BCUT2D eigenvalue weighted by atomic mass is 10.0. The monoisotopic (exact) mass is 475 g/mol. The van der Waals surface area contributed by atoms with Crippen LogP contribution in [-0.2, 0) is 0 Å². The Morgan fingerprint density at radius 2 is 1.67 bits per heavy atom. The number of H-pyrrole nitrogens is 1. The number of nitrogens with zero attached hydrogens (tertiary/aromatic N) is 4. The van der Waals surface area contributed by atoms with E-state index in [0.717, 1.165) is 25.0 Å². The normalized spacial score (nSPS) is 12.3. The molecule has 9 heteroatoms. The van der Waals surface area contributed by atoms with Gasteiger partial charge in [-0.3, -0.25) is 15.2 Å². The minimum Gasteiger partial charge on any atom is -0.482 e. The van der Waals surface area contributed by atoms with Gasteiger partial charge in [0.15, 0.2) is 17.6 Å². The van der Waals surface area contributed by atoms with Crippen LogP contribution in [0.25, 0.3) is 5.65 Å². The van der Waals surface area contributed by atoms with Crippen molar-refractivity contribution in [3.8, 4) is 5.75 Å². The lowest BCUT2D eigenvalue weighted by Gasteiger charge is -2.17. The molecule has 1 atom stereocenters. The van der Waals surface area contributed by atoms with Crippen molar-refractivity contribution in [3.05, 3.63) is 50.9 Å². The average molecular weight is 476 g/mol. The Hall–Kier alpha value is -2.61. The second-order valence-corrected chi connectivity index (χ2v) is 8.95. The molecule has 0 fully saturated rings. The highest BCUT2D eigenvalue weighted by Crippen LogP contribution is 2.29. The molecular formula is C24H34ClN5O3. The molecule has 0 bridgehead atoms. The van der Waals surface area contributed by atoms with E-state index < -0.39 is 4.92 Å². The van der Waals surface area contributed by atoms with Crippen molar-refractivity contribution in [1.82, 2.24) is 19.8 Å². The van der Waals surface area contributed by atoms with Gasteiger partial charge >= 0.3 is 0 Å². The molecule has 0 saturated carbocycles. The van der Waals surface area contributed by atoms with Gasteiger partial charge in [0, 0.05) is 12.1 Å². The number of halogens is 1. The SMILES string of the molecule is CCCCCCCCCCCCC(Oc1ccc([N+](=O)[O-])cc1)c1n[nH]c2c(Cl)c(C)nn12. The Kier molecular flexibility index (Phi) is 9.54. The topological polar surface area (TPSA) is 98.4 Å². The Labute approximate surface area is 199 Å². The first kappa shape index (κ1) is 25.0. The van der Waals surface area contributed by atoms with Crippen LogP contribution in [0.15, 0.2) is 24.3 Å². The molecule has 0 amide bonds. The number of aromatic amines is 1. The Bertz CT molecular complexity index is 1020. The third-order valence-corrected chi connectivity index (χ3v) is 6.37. The maximum atomic E-state index is 10.9. The molecule has 2 heterocycles. The molecule has 3 aromatic rings. The number of fused-ring (bicyclic) bond motifs is 1. The molecule has 3 rings (SSSR count). The predicted octanol–water partition coefficient (Wildman–Crippen LogP) is 7.36. The fourth-order valence-corrected chi connectivity index (χ4v) is 4.17. The van der Waals surface area contributed by atoms with Crippen LogP contribution in [-0.4, -0.2) is 24.7 Å². The van der Waals surface area contributed by atoms with E-state index in [2.05, 4.69) is 22.2 Å². The number of aryl methyl sites for hydroxylation is 1. The molecule has 1 aromatic carbocycles. The van der Waals surface area contributed by atoms with E-state index in [0.29, 0.717) is 22.2 Å². The molecule has 1 unspecified atom stereocenters. The number of nitrogens with one attached hydrogen (secondary N) is 1. The molecule has 0 spiro atoms. The number of hydrogen-bond acceptors (Lipinski definition) is 5. The fraction of sp³-hybridized carbons (Fsp3) is 0.583. The Morgan fingerprint density at radius 1 is 1.06 bits per heavy atom. The first-order valence-corrected chi connectivity index (χ1v) is 12.4. The van der Waals surface area contributed by atoms with Gasteiger partial charge in [-0.2, -0.15) is 14.7 Å². The standard InChI is InChI=1S/C24H34ClN5O3/c1-3-4-5-6-7-8-9-10-11-12-13-21(33-20-16-14-19(15-17-20)30(31)32)23-26-27-24-22(25)18(2)28-29(23)24/h14-17,21,27H,3-13H2,1-2H3. The molecule has 2 aromatic heterocycles. The summed E-state index contributed by atoms with van der Waals surface area (Å²) in [7, 11) is 0. The molecule has 8 nitrogen and oxygen atoms in total. The van der Waals surface area contributed by atoms with Crippen molar-refractivity contribution >= 4 is 22.9 Å². The number of benzene rings is 1. The van der Waals surface area contributed by atoms with Gasteiger partial charge in [-0.25, -0.2) is 0 Å². The van der Waals surface area contributed by atoms with Crippen molar-refractivity contribution in [1.29, 1.82) is 0 Å². The summed E-state index contributed by atoms with van der Waals surface area (Å²) in [5, 5.41) is 23.4. The molecule has 0 radical (unpaired) electrons. The van der Waals surface area contributed by atoms with Gasteiger partial charge in [0.1, 0.15) is 10.8 Å². The molecule has 0 aliphatic rings. The summed E-state index contributed by atoms with van der Waals surface area (Å²) in [5.41, 5.74) is 1.40. The highest BCUT2D eigenvalue weighted by molar-refractivity contribution is 6.34. The molecule has 1 N–H and O–H groups in total. The van der Waals surface area contributed by atoms with E-state index in [1.165, 1.54) is 63.5 Å². The Morgan fingerprint density at radius 3 is 2.27 bits per heavy atom. The number of non-ortho nitro benzene ring substituents is 1. The van der Waals surface area contributed by atoms with Gasteiger partial charge in [-0.1, -0.05) is 76.3 Å². The lowest BCUT2D eigenvalue weighted by Crippen LogP contribution is -2.12. The first-order valence-electron chi connectivity index (χ1n) is 12.0. The van der Waals surface area contributed by atoms with Crippen LogP contribution < -0.4 is 4.74 Å². The van der Waals surface area contributed by atoms with Crippen LogP contribution in [0.2, 0.25) is 5.02 Å². The summed E-state index contributed by atoms with van der Waals surface area (Å²) in [6.07, 6.45) is 13.0. The van der Waals surface area contributed by atoms with E-state index in [1.54, 1.807) is 16.6 Å². The summed E-state index contributed by atoms with van der Waals surface area (Å²) in [6.45, 7) is 4.09. The van der Waals surface area contributed by atoms with Crippen LogP contribution >= 0.6 is 11.6 Å². The van der Waals surface area contributed by atoms with Crippen LogP contribution in [0.4, 0.5) is 5.69 Å². The van der Waals surface area contributed by atoms with Crippen molar-refractivity contribution in [2.75, 3.05) is 0 Å². The number of rotatable bonds is 15. The minimum atomic E-state index is -0.420. The smallest absolute Gasteiger partial charge is 0.269 e. The molecule has 0 saturated heterocycles. The Balaban J connectivity index is 1.59. The highest BCUT2D eigenvalue weighted by atomic mass is 35.5. The van der Waals surface area contributed by atoms with Gasteiger partial charge in [0.05, 0.1) is 10.6 Å². The summed E-state index contributed by atoms with van der Waals surface area (Å²) >= 11 is 6.32. The summed E-state index contributed by atoms with van der Waals surface area (Å²) in [4.78, 5) is 10.5. The van der Waals surface area contributed by atoms with Crippen molar-refractivity contribution in [3.63, 3.8) is 0 Å². The van der Waals surface area contributed by atoms with Gasteiger partial charge in [-0.15, -0.1) is 0 Å². The maximum absolute atomic E-state index is 10.9. The zero-order chi connectivity index (χ0) is 23.6. The zero-order valence-electron chi connectivity index (χ0n) is 19.6. The predicted molar refractivity (Wildman–Crippen MR) is 130 cm³/mol. The van der Waals surface area contributed by atoms with Crippen LogP contribution in [0.1, 0.15) is 95.2 Å². The highest BCUT2D eigenvalue weighted by Gasteiger charge is 2.23. The number of nitro benzene ring substituents is 1. The van der Waals surface area contributed by atoms with Gasteiger partial charge in [0.25, 0.3) is 5.69 Å². The van der Waals surface area contributed by atoms with Gasteiger partial charge in [0.2, 0.25) is 0 Å². The lowest BCUT2D eigenvalue weighted by molar-refractivity contribution is -0.384. The number of aromatic nitrogens is 4. The summed E-state index contributed by atoms with van der Waals surface area (Å²) < 4.78 is 7.92. The van der Waals surface area contributed by atoms with Crippen LogP contribution in [0.5, 0.6) is 5.75 Å². The third-order valence-electron chi connectivity index (χ3n) is 5.91. The first-order chi connectivity index (χ1) is 16.0. The van der Waals surface area contributed by atoms with E-state index in [1.807, 2.05) is 6.92 Å². The minimum absolute atomic E-state index is 0.0326. The molecule has 180 valence electrons. The van der Waals surface area contributed by atoms with Crippen molar-refractivity contribution in [2.24, 2.45) is 0 Å². The summed E-state index contributed by atoms with van der Waals surface area (Å²) in [6, 6.07) is 6.13. The molecule has 0 aliphatic heterocycles. The number of ether oxygens (including phenoxy) is 1. The van der Waals surface area contributed by atoms with Crippen LogP contribution in [0, 0.1) is 17.0 Å². The van der Waals surface area contributed by atoms with Crippen LogP contribution in [0.3, 0.4) is 0 Å². The largest absolute Gasteiger partial charge is 0.482 e. The van der Waals surface area contributed by atoms with E-state index in [-0.39, 0.29) is 11.8 Å². The van der Waals surface area contributed by atoms with E-state index in [9.17, 15) is 10.1 Å².